The van der Waals surface area contributed by atoms with Gasteiger partial charge in [-0.2, -0.15) is 0 Å². The first kappa shape index (κ1) is 12.3. The molecule has 0 atom stereocenters. The highest BCUT2D eigenvalue weighted by molar-refractivity contribution is 5.34. The normalized spacial score (nSPS) is 17.0. The smallest absolute Gasteiger partial charge is 0.129 e. The monoisotopic (exact) mass is 236 g/mol. The SMILES string of the molecule is Cc1cc(NCCOC2CCNCC2)ncn1. The first-order chi connectivity index (χ1) is 8.34. The van der Waals surface area contributed by atoms with Crippen LogP contribution in [0.4, 0.5) is 5.82 Å². The van der Waals surface area contributed by atoms with Crippen LogP contribution in [0.1, 0.15) is 18.5 Å². The molecule has 5 heteroatoms. The zero-order valence-electron chi connectivity index (χ0n) is 10.3. The van der Waals surface area contributed by atoms with Crippen molar-refractivity contribution in [2.24, 2.45) is 0 Å². The van der Waals surface area contributed by atoms with Crippen LogP contribution in [0, 0.1) is 6.92 Å². The molecule has 1 aromatic heterocycles. The van der Waals surface area contributed by atoms with Crippen molar-refractivity contribution in [3.05, 3.63) is 18.1 Å². The fourth-order valence-corrected chi connectivity index (χ4v) is 1.92. The molecule has 0 radical (unpaired) electrons. The van der Waals surface area contributed by atoms with Gasteiger partial charge in [0.15, 0.2) is 0 Å². The Kier molecular flexibility index (Phi) is 4.70. The molecule has 5 nitrogen and oxygen atoms in total. The van der Waals surface area contributed by atoms with E-state index in [-0.39, 0.29) is 0 Å². The van der Waals surface area contributed by atoms with Gasteiger partial charge in [-0.3, -0.25) is 0 Å². The van der Waals surface area contributed by atoms with Crippen molar-refractivity contribution in [1.82, 2.24) is 15.3 Å². The van der Waals surface area contributed by atoms with Gasteiger partial charge in [-0.05, 0) is 32.9 Å². The number of hydrogen-bond donors (Lipinski definition) is 2. The molecule has 0 saturated carbocycles. The molecule has 0 spiro atoms. The van der Waals surface area contributed by atoms with E-state index < -0.39 is 0 Å². The molecule has 0 unspecified atom stereocenters. The molecule has 0 aliphatic carbocycles. The minimum atomic E-state index is 0.421. The van der Waals surface area contributed by atoms with Crippen molar-refractivity contribution < 1.29 is 4.74 Å². The quantitative estimate of drug-likeness (QED) is 0.746. The second-order valence-corrected chi connectivity index (χ2v) is 4.29. The maximum Gasteiger partial charge on any atom is 0.129 e. The minimum absolute atomic E-state index is 0.421. The Morgan fingerprint density at radius 3 is 3.00 bits per heavy atom. The highest BCUT2D eigenvalue weighted by Crippen LogP contribution is 2.07. The molecular weight excluding hydrogens is 216 g/mol. The van der Waals surface area contributed by atoms with Crippen LogP contribution in [0.15, 0.2) is 12.4 Å². The Bertz CT molecular complexity index is 339. The summed E-state index contributed by atoms with van der Waals surface area (Å²) in [7, 11) is 0. The van der Waals surface area contributed by atoms with E-state index in [1.807, 2.05) is 13.0 Å². The molecule has 1 fully saturated rings. The van der Waals surface area contributed by atoms with Crippen LogP contribution >= 0.6 is 0 Å². The van der Waals surface area contributed by atoms with Gasteiger partial charge in [0.05, 0.1) is 12.7 Å². The van der Waals surface area contributed by atoms with Crippen molar-refractivity contribution in [3.63, 3.8) is 0 Å². The third kappa shape index (κ3) is 4.28. The first-order valence-corrected chi connectivity index (χ1v) is 6.19. The number of piperidine rings is 1. The fourth-order valence-electron chi connectivity index (χ4n) is 1.92. The van der Waals surface area contributed by atoms with E-state index in [1.165, 1.54) is 0 Å². The van der Waals surface area contributed by atoms with Crippen LogP contribution in [0.5, 0.6) is 0 Å². The van der Waals surface area contributed by atoms with E-state index in [1.54, 1.807) is 6.33 Å². The molecule has 1 aromatic rings. The van der Waals surface area contributed by atoms with Crippen LogP contribution in [0.25, 0.3) is 0 Å². The van der Waals surface area contributed by atoms with E-state index in [4.69, 9.17) is 4.74 Å². The predicted octanol–water partition coefficient (Wildman–Crippen LogP) is 0.966. The zero-order chi connectivity index (χ0) is 11.9. The van der Waals surface area contributed by atoms with Gasteiger partial charge in [0.2, 0.25) is 0 Å². The topological polar surface area (TPSA) is 59.1 Å². The molecular formula is C12H20N4O. The van der Waals surface area contributed by atoms with Crippen molar-refractivity contribution in [2.75, 3.05) is 31.6 Å². The Hall–Kier alpha value is -1.20. The third-order valence-corrected chi connectivity index (χ3v) is 2.85. The molecule has 1 aliphatic heterocycles. The van der Waals surface area contributed by atoms with Gasteiger partial charge in [-0.25, -0.2) is 9.97 Å². The largest absolute Gasteiger partial charge is 0.376 e. The highest BCUT2D eigenvalue weighted by atomic mass is 16.5. The average molecular weight is 236 g/mol. The molecule has 2 rings (SSSR count). The molecule has 0 bridgehead atoms. The van der Waals surface area contributed by atoms with E-state index in [0.717, 1.165) is 50.6 Å². The van der Waals surface area contributed by atoms with Gasteiger partial charge >= 0.3 is 0 Å². The lowest BCUT2D eigenvalue weighted by Crippen LogP contribution is -2.33. The first-order valence-electron chi connectivity index (χ1n) is 6.19. The Labute approximate surface area is 102 Å². The fraction of sp³-hybridized carbons (Fsp3) is 0.667. The second kappa shape index (κ2) is 6.51. The van der Waals surface area contributed by atoms with Crippen LogP contribution < -0.4 is 10.6 Å². The van der Waals surface area contributed by atoms with Crippen molar-refractivity contribution >= 4 is 5.82 Å². The Morgan fingerprint density at radius 1 is 1.41 bits per heavy atom. The number of ether oxygens (including phenoxy) is 1. The predicted molar refractivity (Wildman–Crippen MR) is 67.1 cm³/mol. The van der Waals surface area contributed by atoms with Gasteiger partial charge < -0.3 is 15.4 Å². The molecule has 1 aliphatic rings. The average Bonchev–Trinajstić information content (AvgIpc) is 2.36. The lowest BCUT2D eigenvalue weighted by molar-refractivity contribution is 0.0394. The summed E-state index contributed by atoms with van der Waals surface area (Å²) in [6.45, 7) is 5.62. The second-order valence-electron chi connectivity index (χ2n) is 4.29. The van der Waals surface area contributed by atoms with Crippen molar-refractivity contribution in [1.29, 1.82) is 0 Å². The van der Waals surface area contributed by atoms with Crippen LogP contribution in [0.2, 0.25) is 0 Å². The lowest BCUT2D eigenvalue weighted by atomic mass is 10.1. The summed E-state index contributed by atoms with van der Waals surface area (Å²) in [6, 6.07) is 1.94. The third-order valence-electron chi connectivity index (χ3n) is 2.85. The van der Waals surface area contributed by atoms with Crippen molar-refractivity contribution in [2.45, 2.75) is 25.9 Å². The number of anilines is 1. The zero-order valence-corrected chi connectivity index (χ0v) is 10.3. The Morgan fingerprint density at radius 2 is 2.24 bits per heavy atom. The molecule has 0 amide bonds. The summed E-state index contributed by atoms with van der Waals surface area (Å²) < 4.78 is 5.79. The van der Waals surface area contributed by atoms with E-state index in [0.29, 0.717) is 6.10 Å². The van der Waals surface area contributed by atoms with Gasteiger partial charge in [-0.1, -0.05) is 0 Å². The summed E-state index contributed by atoms with van der Waals surface area (Å²) in [5.74, 6) is 0.867. The van der Waals surface area contributed by atoms with Gasteiger partial charge in [0, 0.05) is 18.3 Å². The lowest BCUT2D eigenvalue weighted by Gasteiger charge is -2.22. The number of aryl methyl sites for hydroxylation is 1. The molecule has 2 N–H and O–H groups in total. The van der Waals surface area contributed by atoms with Gasteiger partial charge in [0.25, 0.3) is 0 Å². The van der Waals surface area contributed by atoms with E-state index in [2.05, 4.69) is 20.6 Å². The number of nitrogens with zero attached hydrogens (tertiary/aromatic N) is 2. The van der Waals surface area contributed by atoms with Gasteiger partial charge in [0.1, 0.15) is 12.1 Å². The molecule has 94 valence electrons. The van der Waals surface area contributed by atoms with Crippen LogP contribution in [-0.4, -0.2) is 42.3 Å². The number of aromatic nitrogens is 2. The molecule has 2 heterocycles. The van der Waals surface area contributed by atoms with Crippen LogP contribution in [-0.2, 0) is 4.74 Å². The number of hydrogen-bond acceptors (Lipinski definition) is 5. The van der Waals surface area contributed by atoms with Crippen molar-refractivity contribution in [3.8, 4) is 0 Å². The minimum Gasteiger partial charge on any atom is -0.376 e. The summed E-state index contributed by atoms with van der Waals surface area (Å²) >= 11 is 0. The highest BCUT2D eigenvalue weighted by Gasteiger charge is 2.12. The number of rotatable bonds is 5. The summed E-state index contributed by atoms with van der Waals surface area (Å²) in [5, 5.41) is 6.56. The molecule has 0 aromatic carbocycles. The Balaban J connectivity index is 1.62. The summed E-state index contributed by atoms with van der Waals surface area (Å²) in [6.07, 6.45) is 4.23. The van der Waals surface area contributed by atoms with Crippen LogP contribution in [0.3, 0.4) is 0 Å². The summed E-state index contributed by atoms with van der Waals surface area (Å²) in [4.78, 5) is 8.19. The number of nitrogens with one attached hydrogen (secondary N) is 2. The molecule has 17 heavy (non-hydrogen) atoms. The van der Waals surface area contributed by atoms with E-state index in [9.17, 15) is 0 Å². The molecule has 1 saturated heterocycles. The van der Waals surface area contributed by atoms with Gasteiger partial charge in [-0.15, -0.1) is 0 Å². The maximum atomic E-state index is 5.79. The standard InChI is InChI=1S/C12H20N4O/c1-10-8-12(16-9-15-10)14-6-7-17-11-2-4-13-5-3-11/h8-9,11,13H,2-7H2,1H3,(H,14,15,16). The van der Waals surface area contributed by atoms with E-state index >= 15 is 0 Å². The summed E-state index contributed by atoms with van der Waals surface area (Å²) in [5.41, 5.74) is 0.974. The maximum absolute atomic E-state index is 5.79.